The van der Waals surface area contributed by atoms with Gasteiger partial charge in [0.15, 0.2) is 5.78 Å². The molecule has 0 aromatic heterocycles. The van der Waals surface area contributed by atoms with Gasteiger partial charge in [0.25, 0.3) is 0 Å². The van der Waals surface area contributed by atoms with E-state index in [0.717, 1.165) is 27.1 Å². The van der Waals surface area contributed by atoms with E-state index < -0.39 is 0 Å². The van der Waals surface area contributed by atoms with Crippen molar-refractivity contribution in [3.05, 3.63) is 40.8 Å². The van der Waals surface area contributed by atoms with Gasteiger partial charge in [0, 0.05) is 15.7 Å². The van der Waals surface area contributed by atoms with Gasteiger partial charge in [-0.3, -0.25) is 4.79 Å². The molecule has 1 aromatic carbocycles. The first-order valence-electron chi connectivity index (χ1n) is 5.36. The predicted octanol–water partition coefficient (Wildman–Crippen LogP) is 4.35. The van der Waals surface area contributed by atoms with E-state index in [1.54, 1.807) is 11.8 Å². The van der Waals surface area contributed by atoms with Crippen LogP contribution in [0.5, 0.6) is 0 Å². The van der Waals surface area contributed by atoms with Crippen molar-refractivity contribution in [3.8, 4) is 0 Å². The molecule has 0 N–H and O–H groups in total. The van der Waals surface area contributed by atoms with Gasteiger partial charge >= 0.3 is 0 Å². The maximum Gasteiger partial charge on any atom is 0.169 e. The fourth-order valence-electron chi connectivity index (χ4n) is 1.60. The Bertz CT molecular complexity index is 408. The smallest absolute Gasteiger partial charge is 0.169 e. The standard InChI is InChI=1S/C13H13IOS/c14-9-10-5-7-11(8-6-10)16-13-4-2-1-3-12(13)15/h4-8H,1-3,9H2. The quantitative estimate of drug-likeness (QED) is 0.599. The van der Waals surface area contributed by atoms with E-state index in [-0.39, 0.29) is 0 Å². The van der Waals surface area contributed by atoms with Crippen LogP contribution in [0.1, 0.15) is 24.8 Å². The van der Waals surface area contributed by atoms with Crippen LogP contribution in [0.3, 0.4) is 0 Å². The number of halogens is 1. The summed E-state index contributed by atoms with van der Waals surface area (Å²) in [6.07, 6.45) is 4.84. The second-order valence-electron chi connectivity index (χ2n) is 3.76. The van der Waals surface area contributed by atoms with Gasteiger partial charge in [-0.15, -0.1) is 0 Å². The molecule has 1 aliphatic rings. The van der Waals surface area contributed by atoms with E-state index in [0.29, 0.717) is 12.2 Å². The molecule has 84 valence electrons. The first kappa shape index (κ1) is 12.2. The van der Waals surface area contributed by atoms with Crippen LogP contribution in [-0.2, 0) is 9.22 Å². The predicted molar refractivity (Wildman–Crippen MR) is 77.0 cm³/mol. The Hall–Kier alpha value is -0.290. The topological polar surface area (TPSA) is 17.1 Å². The molecular formula is C13H13IOS. The fraction of sp³-hybridized carbons (Fsp3) is 0.308. The number of Topliss-reactive ketones (excluding diaryl/α,β-unsaturated/α-hetero) is 1. The second-order valence-corrected chi connectivity index (χ2v) is 5.64. The Labute approximate surface area is 114 Å². The lowest BCUT2D eigenvalue weighted by Gasteiger charge is -2.10. The number of carbonyl (C=O) groups excluding carboxylic acids is 1. The number of rotatable bonds is 3. The van der Waals surface area contributed by atoms with Gasteiger partial charge in [-0.05, 0) is 30.5 Å². The molecule has 1 aliphatic carbocycles. The van der Waals surface area contributed by atoms with Crippen molar-refractivity contribution in [3.63, 3.8) is 0 Å². The van der Waals surface area contributed by atoms with E-state index >= 15 is 0 Å². The Balaban J connectivity index is 2.08. The van der Waals surface area contributed by atoms with Crippen molar-refractivity contribution in [1.29, 1.82) is 0 Å². The van der Waals surface area contributed by atoms with Crippen molar-refractivity contribution in [2.45, 2.75) is 28.6 Å². The third-order valence-corrected chi connectivity index (χ3v) is 4.52. The molecule has 1 nitrogen and oxygen atoms in total. The van der Waals surface area contributed by atoms with E-state index in [1.807, 2.05) is 0 Å². The molecule has 1 aromatic rings. The maximum atomic E-state index is 11.6. The SMILES string of the molecule is O=C1CCCC=C1Sc1ccc(CI)cc1. The fourth-order valence-corrected chi connectivity index (χ4v) is 3.06. The van der Waals surface area contributed by atoms with Gasteiger partial charge < -0.3 is 0 Å². The van der Waals surface area contributed by atoms with Crippen molar-refractivity contribution in [2.75, 3.05) is 0 Å². The van der Waals surface area contributed by atoms with Gasteiger partial charge in [-0.25, -0.2) is 0 Å². The number of allylic oxidation sites excluding steroid dienone is 2. The number of ketones is 1. The van der Waals surface area contributed by atoms with Crippen molar-refractivity contribution in [1.82, 2.24) is 0 Å². The molecule has 0 heterocycles. The summed E-state index contributed by atoms with van der Waals surface area (Å²) in [5, 5.41) is 0. The summed E-state index contributed by atoms with van der Waals surface area (Å²) in [4.78, 5) is 13.7. The zero-order chi connectivity index (χ0) is 11.4. The molecule has 0 radical (unpaired) electrons. The lowest BCUT2D eigenvalue weighted by molar-refractivity contribution is -0.115. The molecule has 0 saturated carbocycles. The van der Waals surface area contributed by atoms with Crippen LogP contribution >= 0.6 is 34.4 Å². The summed E-state index contributed by atoms with van der Waals surface area (Å²) in [5.74, 6) is 0.300. The van der Waals surface area contributed by atoms with Gasteiger partial charge in [-0.1, -0.05) is 52.6 Å². The highest BCUT2D eigenvalue weighted by atomic mass is 127. The van der Waals surface area contributed by atoms with Crippen LogP contribution < -0.4 is 0 Å². The second kappa shape index (κ2) is 5.87. The summed E-state index contributed by atoms with van der Waals surface area (Å²) in [6, 6.07) is 8.45. The molecule has 0 spiro atoms. The van der Waals surface area contributed by atoms with Crippen molar-refractivity contribution >= 4 is 40.1 Å². The number of alkyl halides is 1. The monoisotopic (exact) mass is 344 g/mol. The minimum Gasteiger partial charge on any atom is -0.294 e. The molecule has 0 fully saturated rings. The van der Waals surface area contributed by atoms with Gasteiger partial charge in [0.1, 0.15) is 0 Å². The highest BCUT2D eigenvalue weighted by Crippen LogP contribution is 2.31. The van der Waals surface area contributed by atoms with Gasteiger partial charge in [0.05, 0.1) is 4.91 Å². The molecular weight excluding hydrogens is 331 g/mol. The molecule has 16 heavy (non-hydrogen) atoms. The van der Waals surface area contributed by atoms with Gasteiger partial charge in [-0.2, -0.15) is 0 Å². The molecule has 3 heteroatoms. The maximum absolute atomic E-state index is 11.6. The average Bonchev–Trinajstić information content (AvgIpc) is 2.33. The normalized spacial score (nSPS) is 16.1. The summed E-state index contributed by atoms with van der Waals surface area (Å²) >= 11 is 3.95. The molecule has 0 amide bonds. The number of thioether (sulfide) groups is 1. The number of hydrogen-bond acceptors (Lipinski definition) is 2. The highest BCUT2D eigenvalue weighted by molar-refractivity contribution is 14.1. The highest BCUT2D eigenvalue weighted by Gasteiger charge is 2.14. The van der Waals surface area contributed by atoms with E-state index in [2.05, 4.69) is 52.9 Å². The lowest BCUT2D eigenvalue weighted by atomic mass is 10.1. The molecule has 0 bridgehead atoms. The Morgan fingerprint density at radius 3 is 2.62 bits per heavy atom. The van der Waals surface area contributed by atoms with E-state index in [1.165, 1.54) is 5.56 Å². The van der Waals surface area contributed by atoms with Crippen molar-refractivity contribution in [2.24, 2.45) is 0 Å². The van der Waals surface area contributed by atoms with Crippen LogP contribution in [0.15, 0.2) is 40.1 Å². The Morgan fingerprint density at radius 1 is 1.25 bits per heavy atom. The third kappa shape index (κ3) is 3.10. The largest absolute Gasteiger partial charge is 0.294 e. The van der Waals surface area contributed by atoms with Gasteiger partial charge in [0.2, 0.25) is 0 Å². The third-order valence-electron chi connectivity index (χ3n) is 2.52. The van der Waals surface area contributed by atoms with E-state index in [9.17, 15) is 4.79 Å². The zero-order valence-corrected chi connectivity index (χ0v) is 11.9. The van der Waals surface area contributed by atoms with Crippen LogP contribution in [0.2, 0.25) is 0 Å². The Morgan fingerprint density at radius 2 is 2.00 bits per heavy atom. The van der Waals surface area contributed by atoms with Crippen LogP contribution in [0.4, 0.5) is 0 Å². The van der Waals surface area contributed by atoms with Crippen LogP contribution in [0, 0.1) is 0 Å². The Kier molecular flexibility index (Phi) is 4.46. The minimum atomic E-state index is 0.300. The first-order chi connectivity index (χ1) is 7.79. The molecule has 2 rings (SSSR count). The number of carbonyl (C=O) groups is 1. The van der Waals surface area contributed by atoms with E-state index in [4.69, 9.17) is 0 Å². The average molecular weight is 344 g/mol. The first-order valence-corrected chi connectivity index (χ1v) is 7.70. The summed E-state index contributed by atoms with van der Waals surface area (Å²) in [5.41, 5.74) is 1.33. The van der Waals surface area contributed by atoms with Crippen LogP contribution in [0.25, 0.3) is 0 Å². The molecule has 0 atom stereocenters. The molecule has 0 saturated heterocycles. The summed E-state index contributed by atoms with van der Waals surface area (Å²) in [7, 11) is 0. The number of hydrogen-bond donors (Lipinski definition) is 0. The molecule has 0 unspecified atom stereocenters. The zero-order valence-electron chi connectivity index (χ0n) is 8.91. The summed E-state index contributed by atoms with van der Waals surface area (Å²) < 4.78 is 1.03. The number of benzene rings is 1. The lowest BCUT2D eigenvalue weighted by Crippen LogP contribution is -2.03. The molecule has 0 aliphatic heterocycles. The summed E-state index contributed by atoms with van der Waals surface area (Å²) in [6.45, 7) is 0. The van der Waals surface area contributed by atoms with Crippen LogP contribution in [-0.4, -0.2) is 5.78 Å². The van der Waals surface area contributed by atoms with Crippen molar-refractivity contribution < 1.29 is 4.79 Å². The minimum absolute atomic E-state index is 0.300.